The molecule has 2 aromatic heterocycles. The highest BCUT2D eigenvalue weighted by Gasteiger charge is 2.19. The molecule has 0 atom stereocenters. The lowest BCUT2D eigenvalue weighted by Gasteiger charge is -2.15. The summed E-state index contributed by atoms with van der Waals surface area (Å²) in [4.78, 5) is 14.0. The SMILES string of the molecule is Cc1noc(C)c1CN(C)C(=O)c1cc(CC(C)C)[nH]n1. The molecule has 0 aromatic carbocycles. The maximum absolute atomic E-state index is 12.4. The highest BCUT2D eigenvalue weighted by atomic mass is 16.5. The molecular weight excluding hydrogens is 268 g/mol. The third-order valence-electron chi connectivity index (χ3n) is 3.40. The fourth-order valence-electron chi connectivity index (χ4n) is 2.25. The third-order valence-corrected chi connectivity index (χ3v) is 3.40. The summed E-state index contributed by atoms with van der Waals surface area (Å²) in [6, 6.07) is 1.83. The molecule has 21 heavy (non-hydrogen) atoms. The number of aromatic amines is 1. The van der Waals surface area contributed by atoms with Crippen LogP contribution in [0.3, 0.4) is 0 Å². The van der Waals surface area contributed by atoms with Crippen LogP contribution in [-0.2, 0) is 13.0 Å². The van der Waals surface area contributed by atoms with Gasteiger partial charge in [0.25, 0.3) is 5.91 Å². The van der Waals surface area contributed by atoms with Crippen LogP contribution in [0.5, 0.6) is 0 Å². The highest BCUT2D eigenvalue weighted by Crippen LogP contribution is 2.16. The second kappa shape index (κ2) is 6.11. The summed E-state index contributed by atoms with van der Waals surface area (Å²) in [6.45, 7) is 8.45. The standard InChI is InChI=1S/C15H22N4O2/c1-9(2)6-12-7-14(17-16-12)15(20)19(5)8-13-10(3)18-21-11(13)4/h7,9H,6,8H2,1-5H3,(H,16,17). The maximum Gasteiger partial charge on any atom is 0.274 e. The molecule has 6 nitrogen and oxygen atoms in total. The molecule has 0 unspecified atom stereocenters. The number of carbonyl (C=O) groups is 1. The molecule has 6 heteroatoms. The first-order valence-corrected chi connectivity index (χ1v) is 7.10. The molecule has 2 aromatic rings. The van der Waals surface area contributed by atoms with Gasteiger partial charge in [-0.05, 0) is 32.3 Å². The van der Waals surface area contributed by atoms with Crippen LogP contribution in [0.4, 0.5) is 0 Å². The molecule has 2 rings (SSSR count). The number of amides is 1. The third kappa shape index (κ3) is 3.51. The minimum atomic E-state index is -0.110. The van der Waals surface area contributed by atoms with E-state index in [9.17, 15) is 4.79 Å². The Kier molecular flexibility index (Phi) is 4.45. The van der Waals surface area contributed by atoms with Gasteiger partial charge in [-0.3, -0.25) is 9.89 Å². The Morgan fingerprint density at radius 1 is 1.43 bits per heavy atom. The van der Waals surface area contributed by atoms with Gasteiger partial charge >= 0.3 is 0 Å². The van der Waals surface area contributed by atoms with E-state index in [2.05, 4.69) is 29.2 Å². The second-order valence-corrected chi connectivity index (χ2v) is 5.84. The second-order valence-electron chi connectivity index (χ2n) is 5.84. The number of rotatable bonds is 5. The van der Waals surface area contributed by atoms with Gasteiger partial charge in [0.1, 0.15) is 11.5 Å². The van der Waals surface area contributed by atoms with Crippen LogP contribution in [0.25, 0.3) is 0 Å². The van der Waals surface area contributed by atoms with Crippen LogP contribution in [0, 0.1) is 19.8 Å². The van der Waals surface area contributed by atoms with Crippen molar-refractivity contribution in [3.63, 3.8) is 0 Å². The van der Waals surface area contributed by atoms with E-state index in [1.165, 1.54) is 0 Å². The first-order chi connectivity index (χ1) is 9.88. The molecule has 2 heterocycles. The fraction of sp³-hybridized carbons (Fsp3) is 0.533. The van der Waals surface area contributed by atoms with Crippen molar-refractivity contribution in [1.29, 1.82) is 0 Å². The van der Waals surface area contributed by atoms with Crippen molar-refractivity contribution in [2.75, 3.05) is 7.05 Å². The van der Waals surface area contributed by atoms with Crippen molar-refractivity contribution in [3.05, 3.63) is 34.5 Å². The number of aryl methyl sites for hydroxylation is 2. The smallest absolute Gasteiger partial charge is 0.274 e. The van der Waals surface area contributed by atoms with Gasteiger partial charge in [-0.1, -0.05) is 19.0 Å². The van der Waals surface area contributed by atoms with Gasteiger partial charge in [0.05, 0.1) is 12.2 Å². The van der Waals surface area contributed by atoms with E-state index in [1.54, 1.807) is 11.9 Å². The van der Waals surface area contributed by atoms with E-state index in [0.29, 0.717) is 18.2 Å². The van der Waals surface area contributed by atoms with Crippen LogP contribution in [0.1, 0.15) is 47.0 Å². The maximum atomic E-state index is 12.4. The van der Waals surface area contributed by atoms with E-state index < -0.39 is 0 Å². The zero-order valence-electron chi connectivity index (χ0n) is 13.2. The van der Waals surface area contributed by atoms with Gasteiger partial charge in [-0.2, -0.15) is 5.10 Å². The molecule has 0 fully saturated rings. The minimum Gasteiger partial charge on any atom is -0.361 e. The molecule has 0 saturated heterocycles. The summed E-state index contributed by atoms with van der Waals surface area (Å²) in [5, 5.41) is 10.9. The lowest BCUT2D eigenvalue weighted by atomic mass is 10.1. The van der Waals surface area contributed by atoms with E-state index in [-0.39, 0.29) is 5.91 Å². The van der Waals surface area contributed by atoms with Gasteiger partial charge in [-0.15, -0.1) is 0 Å². The molecule has 1 N–H and O–H groups in total. The largest absolute Gasteiger partial charge is 0.361 e. The van der Waals surface area contributed by atoms with Crippen LogP contribution < -0.4 is 0 Å². The Morgan fingerprint density at radius 2 is 2.14 bits per heavy atom. The average Bonchev–Trinajstić information content (AvgIpc) is 2.99. The summed E-state index contributed by atoms with van der Waals surface area (Å²) >= 11 is 0. The lowest BCUT2D eigenvalue weighted by Crippen LogP contribution is -2.27. The Bertz CT molecular complexity index is 608. The van der Waals surface area contributed by atoms with E-state index in [4.69, 9.17) is 4.52 Å². The molecular formula is C15H22N4O2. The molecule has 1 amide bonds. The first-order valence-electron chi connectivity index (χ1n) is 7.10. The quantitative estimate of drug-likeness (QED) is 0.918. The highest BCUT2D eigenvalue weighted by molar-refractivity contribution is 5.92. The zero-order chi connectivity index (χ0) is 15.6. The molecule has 0 radical (unpaired) electrons. The van der Waals surface area contributed by atoms with Crippen LogP contribution >= 0.6 is 0 Å². The number of H-pyrrole nitrogens is 1. The van der Waals surface area contributed by atoms with Crippen molar-refractivity contribution >= 4 is 5.91 Å². The molecule has 0 saturated carbocycles. The van der Waals surface area contributed by atoms with E-state index in [0.717, 1.165) is 29.1 Å². The summed E-state index contributed by atoms with van der Waals surface area (Å²) in [7, 11) is 1.75. The number of aromatic nitrogens is 3. The van der Waals surface area contributed by atoms with Gasteiger partial charge in [0.15, 0.2) is 0 Å². The van der Waals surface area contributed by atoms with Crippen molar-refractivity contribution in [2.24, 2.45) is 5.92 Å². The average molecular weight is 290 g/mol. The number of hydrogen-bond acceptors (Lipinski definition) is 4. The minimum absolute atomic E-state index is 0.110. The molecule has 0 spiro atoms. The van der Waals surface area contributed by atoms with E-state index >= 15 is 0 Å². The van der Waals surface area contributed by atoms with Crippen LogP contribution in [-0.4, -0.2) is 33.2 Å². The Morgan fingerprint density at radius 3 is 2.71 bits per heavy atom. The number of nitrogens with one attached hydrogen (secondary N) is 1. The van der Waals surface area contributed by atoms with Gasteiger partial charge in [-0.25, -0.2) is 0 Å². The molecule has 114 valence electrons. The molecule has 0 bridgehead atoms. The molecule has 0 aliphatic rings. The van der Waals surface area contributed by atoms with E-state index in [1.807, 2.05) is 19.9 Å². The van der Waals surface area contributed by atoms with Crippen molar-refractivity contribution in [2.45, 2.75) is 40.7 Å². The molecule has 0 aliphatic heterocycles. The predicted molar refractivity (Wildman–Crippen MR) is 78.9 cm³/mol. The van der Waals surface area contributed by atoms with Crippen LogP contribution in [0.2, 0.25) is 0 Å². The fourth-order valence-corrected chi connectivity index (χ4v) is 2.25. The van der Waals surface area contributed by atoms with Crippen LogP contribution in [0.15, 0.2) is 10.6 Å². The first kappa shape index (κ1) is 15.3. The number of carbonyl (C=O) groups excluding carboxylic acids is 1. The Hall–Kier alpha value is -2.11. The Labute approximate surface area is 124 Å². The summed E-state index contributed by atoms with van der Waals surface area (Å²) in [5.74, 6) is 1.16. The van der Waals surface area contributed by atoms with Crippen molar-refractivity contribution in [1.82, 2.24) is 20.3 Å². The monoisotopic (exact) mass is 290 g/mol. The normalized spacial score (nSPS) is 11.1. The van der Waals surface area contributed by atoms with Gasteiger partial charge in [0.2, 0.25) is 0 Å². The Balaban J connectivity index is 2.07. The van der Waals surface area contributed by atoms with Crippen molar-refractivity contribution < 1.29 is 9.32 Å². The summed E-state index contributed by atoms with van der Waals surface area (Å²) in [6.07, 6.45) is 0.883. The topological polar surface area (TPSA) is 75.0 Å². The number of hydrogen-bond donors (Lipinski definition) is 1. The zero-order valence-corrected chi connectivity index (χ0v) is 13.2. The summed E-state index contributed by atoms with van der Waals surface area (Å²) in [5.41, 5.74) is 3.19. The van der Waals surface area contributed by atoms with Gasteiger partial charge in [0, 0.05) is 18.3 Å². The van der Waals surface area contributed by atoms with Crippen molar-refractivity contribution in [3.8, 4) is 0 Å². The summed E-state index contributed by atoms with van der Waals surface area (Å²) < 4.78 is 5.12. The predicted octanol–water partition coefficient (Wildman–Crippen LogP) is 2.49. The lowest BCUT2D eigenvalue weighted by molar-refractivity contribution is 0.0778. The molecule has 0 aliphatic carbocycles. The number of nitrogens with zero attached hydrogens (tertiary/aromatic N) is 3. The van der Waals surface area contributed by atoms with Gasteiger partial charge < -0.3 is 9.42 Å².